The Labute approximate surface area is 159 Å². The Hall–Kier alpha value is -3.45. The van der Waals surface area contributed by atoms with Crippen LogP contribution < -0.4 is 0 Å². The van der Waals surface area contributed by atoms with Crippen LogP contribution in [0.1, 0.15) is 27.0 Å². The summed E-state index contributed by atoms with van der Waals surface area (Å²) in [6, 6.07) is 36.3. The molecule has 0 aliphatic rings. The van der Waals surface area contributed by atoms with Gasteiger partial charge in [0.2, 0.25) is 0 Å². The summed E-state index contributed by atoms with van der Waals surface area (Å²) in [5, 5.41) is 0. The Kier molecular flexibility index (Phi) is 4.93. The summed E-state index contributed by atoms with van der Waals surface area (Å²) >= 11 is 0. The molecule has 130 valence electrons. The molecule has 0 radical (unpaired) electrons. The molecule has 0 atom stereocenters. The summed E-state index contributed by atoms with van der Waals surface area (Å²) in [6.07, 6.45) is 0.740. The van der Waals surface area contributed by atoms with Crippen molar-refractivity contribution in [2.24, 2.45) is 0 Å². The molecule has 0 aliphatic carbocycles. The molecule has 0 amide bonds. The maximum Gasteiger partial charge on any atom is 0.193 e. The summed E-state index contributed by atoms with van der Waals surface area (Å²) in [6.45, 7) is 0. The Balaban J connectivity index is 1.59. The lowest BCUT2D eigenvalue weighted by atomic mass is 9.93. The van der Waals surface area contributed by atoms with Crippen molar-refractivity contribution in [3.05, 3.63) is 131 Å². The normalized spacial score (nSPS) is 10.5. The fourth-order valence-corrected chi connectivity index (χ4v) is 3.31. The van der Waals surface area contributed by atoms with Crippen molar-refractivity contribution in [3.63, 3.8) is 0 Å². The van der Waals surface area contributed by atoms with Gasteiger partial charge in [0.15, 0.2) is 5.78 Å². The van der Waals surface area contributed by atoms with E-state index in [-0.39, 0.29) is 5.78 Å². The molecule has 0 spiro atoms. The first kappa shape index (κ1) is 17.0. The first-order valence-electron chi connectivity index (χ1n) is 9.13. The maximum absolute atomic E-state index is 12.9. The standard InChI is InChI=1S/C26H20O/c27-26(23-11-5-2-6-12-23)25-14-8-7-13-24(25)19-20-15-17-22(18-16-20)21-9-3-1-4-10-21/h1-18H,19H2. The van der Waals surface area contributed by atoms with Gasteiger partial charge in [-0.1, -0.05) is 109 Å². The molecule has 0 unspecified atom stereocenters. The van der Waals surface area contributed by atoms with Crippen LogP contribution in [0.25, 0.3) is 11.1 Å². The smallest absolute Gasteiger partial charge is 0.193 e. The van der Waals surface area contributed by atoms with Crippen LogP contribution in [-0.4, -0.2) is 5.78 Å². The van der Waals surface area contributed by atoms with Crippen molar-refractivity contribution in [1.82, 2.24) is 0 Å². The Morgan fingerprint density at radius 2 is 1.11 bits per heavy atom. The van der Waals surface area contributed by atoms with Crippen LogP contribution in [0.3, 0.4) is 0 Å². The van der Waals surface area contributed by atoms with Gasteiger partial charge in [-0.15, -0.1) is 0 Å². The monoisotopic (exact) mass is 348 g/mol. The molecule has 0 fully saturated rings. The van der Waals surface area contributed by atoms with Crippen molar-refractivity contribution < 1.29 is 4.79 Å². The topological polar surface area (TPSA) is 17.1 Å². The second-order valence-electron chi connectivity index (χ2n) is 6.59. The van der Waals surface area contributed by atoms with Gasteiger partial charge >= 0.3 is 0 Å². The minimum atomic E-state index is 0.0760. The van der Waals surface area contributed by atoms with Crippen molar-refractivity contribution >= 4 is 5.78 Å². The van der Waals surface area contributed by atoms with E-state index in [9.17, 15) is 4.79 Å². The lowest BCUT2D eigenvalue weighted by Crippen LogP contribution is -2.05. The highest BCUT2D eigenvalue weighted by atomic mass is 16.1. The fraction of sp³-hybridized carbons (Fsp3) is 0.0385. The molecule has 27 heavy (non-hydrogen) atoms. The molecule has 0 N–H and O–H groups in total. The summed E-state index contributed by atoms with van der Waals surface area (Å²) < 4.78 is 0. The van der Waals surface area contributed by atoms with E-state index in [1.165, 1.54) is 16.7 Å². The average molecular weight is 348 g/mol. The van der Waals surface area contributed by atoms with Gasteiger partial charge in [-0.25, -0.2) is 0 Å². The van der Waals surface area contributed by atoms with E-state index in [2.05, 4.69) is 48.5 Å². The van der Waals surface area contributed by atoms with Crippen LogP contribution in [0.2, 0.25) is 0 Å². The number of hydrogen-bond donors (Lipinski definition) is 0. The Morgan fingerprint density at radius 3 is 1.81 bits per heavy atom. The lowest BCUT2D eigenvalue weighted by molar-refractivity contribution is 0.103. The van der Waals surface area contributed by atoms with Gasteiger partial charge in [0, 0.05) is 11.1 Å². The summed E-state index contributed by atoms with van der Waals surface area (Å²) in [5.74, 6) is 0.0760. The molecule has 4 rings (SSSR count). The predicted molar refractivity (Wildman–Crippen MR) is 111 cm³/mol. The molecule has 0 heterocycles. The van der Waals surface area contributed by atoms with Crippen LogP contribution in [0.4, 0.5) is 0 Å². The highest BCUT2D eigenvalue weighted by Crippen LogP contribution is 2.22. The summed E-state index contributed by atoms with van der Waals surface area (Å²) in [7, 11) is 0. The third-order valence-electron chi connectivity index (χ3n) is 4.75. The molecular weight excluding hydrogens is 328 g/mol. The van der Waals surface area contributed by atoms with Gasteiger partial charge in [-0.2, -0.15) is 0 Å². The molecule has 0 saturated heterocycles. The molecule has 0 aromatic heterocycles. The van der Waals surface area contributed by atoms with Gasteiger partial charge in [0.05, 0.1) is 0 Å². The van der Waals surface area contributed by atoms with Crippen LogP contribution in [0.15, 0.2) is 109 Å². The number of hydrogen-bond acceptors (Lipinski definition) is 1. The second-order valence-corrected chi connectivity index (χ2v) is 6.59. The number of benzene rings is 4. The van der Waals surface area contributed by atoms with Gasteiger partial charge in [-0.05, 0) is 28.7 Å². The fourth-order valence-electron chi connectivity index (χ4n) is 3.31. The minimum Gasteiger partial charge on any atom is -0.289 e. The zero-order chi connectivity index (χ0) is 18.5. The SMILES string of the molecule is O=C(c1ccccc1)c1ccccc1Cc1ccc(-c2ccccc2)cc1. The molecule has 0 aliphatic heterocycles. The average Bonchev–Trinajstić information content (AvgIpc) is 2.75. The van der Waals surface area contributed by atoms with Gasteiger partial charge in [0.25, 0.3) is 0 Å². The van der Waals surface area contributed by atoms with Gasteiger partial charge < -0.3 is 0 Å². The van der Waals surface area contributed by atoms with E-state index in [0.717, 1.165) is 23.1 Å². The number of carbonyl (C=O) groups excluding carboxylic acids is 1. The largest absolute Gasteiger partial charge is 0.289 e. The molecule has 1 nitrogen and oxygen atoms in total. The summed E-state index contributed by atoms with van der Waals surface area (Å²) in [5.41, 5.74) is 6.17. The van der Waals surface area contributed by atoms with Crippen molar-refractivity contribution in [2.45, 2.75) is 6.42 Å². The highest BCUT2D eigenvalue weighted by Gasteiger charge is 2.13. The van der Waals surface area contributed by atoms with E-state index in [1.54, 1.807) is 0 Å². The molecular formula is C26H20O. The Morgan fingerprint density at radius 1 is 0.556 bits per heavy atom. The quantitative estimate of drug-likeness (QED) is 0.394. The van der Waals surface area contributed by atoms with Gasteiger partial charge in [0.1, 0.15) is 0 Å². The molecule has 0 bridgehead atoms. The summed E-state index contributed by atoms with van der Waals surface area (Å²) in [4.78, 5) is 12.9. The van der Waals surface area contributed by atoms with Crippen LogP contribution in [0.5, 0.6) is 0 Å². The van der Waals surface area contributed by atoms with Crippen molar-refractivity contribution in [3.8, 4) is 11.1 Å². The van der Waals surface area contributed by atoms with E-state index in [4.69, 9.17) is 0 Å². The van der Waals surface area contributed by atoms with Gasteiger partial charge in [-0.3, -0.25) is 4.79 Å². The molecule has 1 heteroatoms. The first-order chi connectivity index (χ1) is 13.3. The second kappa shape index (κ2) is 7.84. The minimum absolute atomic E-state index is 0.0760. The van der Waals surface area contributed by atoms with Crippen LogP contribution >= 0.6 is 0 Å². The lowest BCUT2D eigenvalue weighted by Gasteiger charge is -2.10. The number of rotatable bonds is 5. The maximum atomic E-state index is 12.9. The van der Waals surface area contributed by atoms with E-state index >= 15 is 0 Å². The third-order valence-corrected chi connectivity index (χ3v) is 4.75. The Bertz CT molecular complexity index is 1030. The van der Waals surface area contributed by atoms with Crippen molar-refractivity contribution in [1.29, 1.82) is 0 Å². The number of ketones is 1. The third kappa shape index (κ3) is 3.88. The van der Waals surface area contributed by atoms with Crippen molar-refractivity contribution in [2.75, 3.05) is 0 Å². The van der Waals surface area contributed by atoms with Crippen LogP contribution in [-0.2, 0) is 6.42 Å². The zero-order valence-electron chi connectivity index (χ0n) is 15.0. The van der Waals surface area contributed by atoms with E-state index < -0.39 is 0 Å². The van der Waals surface area contributed by atoms with Crippen LogP contribution in [0, 0.1) is 0 Å². The molecule has 0 saturated carbocycles. The van der Waals surface area contributed by atoms with E-state index in [0.29, 0.717) is 0 Å². The molecule has 4 aromatic rings. The first-order valence-corrected chi connectivity index (χ1v) is 9.13. The molecule has 4 aromatic carbocycles. The predicted octanol–water partition coefficient (Wildman–Crippen LogP) is 6.18. The zero-order valence-corrected chi connectivity index (χ0v) is 15.0. The highest BCUT2D eigenvalue weighted by molar-refractivity contribution is 6.09. The van der Waals surface area contributed by atoms with E-state index in [1.807, 2.05) is 60.7 Å². The number of carbonyl (C=O) groups is 1.